The molecule has 1 aliphatic rings. The SMILES string of the molecule is CC(=O)N(CC(=O)O)[C@@H]1CCCN(C(=O)c2cccc(C)n2)CC1. The molecule has 0 spiro atoms. The molecular formula is C17H23N3O4. The Hall–Kier alpha value is -2.44. The summed E-state index contributed by atoms with van der Waals surface area (Å²) in [6.45, 7) is 4.00. The normalized spacial score (nSPS) is 17.9. The standard InChI is InChI=1S/C17H23N3O4/c1-12-5-3-7-15(18-12)17(24)19-9-4-6-14(8-10-19)20(13(2)21)11-16(22)23/h3,5,7,14H,4,6,8-11H2,1-2H3,(H,22,23)/t14-/m1/s1. The van der Waals surface area contributed by atoms with Crippen LogP contribution in [0.1, 0.15) is 42.4 Å². The van der Waals surface area contributed by atoms with Crippen molar-refractivity contribution in [2.24, 2.45) is 0 Å². The summed E-state index contributed by atoms with van der Waals surface area (Å²) in [5, 5.41) is 8.98. The van der Waals surface area contributed by atoms with Gasteiger partial charge in [-0.15, -0.1) is 0 Å². The smallest absolute Gasteiger partial charge is 0.323 e. The zero-order chi connectivity index (χ0) is 17.7. The van der Waals surface area contributed by atoms with E-state index in [9.17, 15) is 14.4 Å². The van der Waals surface area contributed by atoms with Gasteiger partial charge in [0.2, 0.25) is 5.91 Å². The second-order valence-electron chi connectivity index (χ2n) is 6.08. The molecule has 7 nitrogen and oxygen atoms in total. The van der Waals surface area contributed by atoms with E-state index in [0.29, 0.717) is 31.6 Å². The molecule has 2 rings (SSSR count). The van der Waals surface area contributed by atoms with Gasteiger partial charge < -0.3 is 14.9 Å². The first-order valence-corrected chi connectivity index (χ1v) is 8.10. The highest BCUT2D eigenvalue weighted by Gasteiger charge is 2.28. The molecule has 0 saturated carbocycles. The highest BCUT2D eigenvalue weighted by molar-refractivity contribution is 5.92. The fourth-order valence-corrected chi connectivity index (χ4v) is 3.06. The third-order valence-electron chi connectivity index (χ3n) is 4.24. The number of carbonyl (C=O) groups excluding carboxylic acids is 2. The highest BCUT2D eigenvalue weighted by Crippen LogP contribution is 2.18. The summed E-state index contributed by atoms with van der Waals surface area (Å²) in [5.74, 6) is -1.39. The van der Waals surface area contributed by atoms with Crippen LogP contribution in [0.2, 0.25) is 0 Å². The molecule has 0 radical (unpaired) electrons. The van der Waals surface area contributed by atoms with Crippen LogP contribution in [0, 0.1) is 6.92 Å². The molecule has 1 aromatic rings. The number of carboxylic acid groups (broad SMARTS) is 1. The number of aromatic nitrogens is 1. The molecule has 1 aromatic heterocycles. The monoisotopic (exact) mass is 333 g/mol. The lowest BCUT2D eigenvalue weighted by molar-refractivity contribution is -0.145. The first-order chi connectivity index (χ1) is 11.4. The maximum atomic E-state index is 12.6. The molecule has 130 valence electrons. The van der Waals surface area contributed by atoms with E-state index in [-0.39, 0.29) is 24.4 Å². The summed E-state index contributed by atoms with van der Waals surface area (Å²) in [7, 11) is 0. The van der Waals surface area contributed by atoms with Gasteiger partial charge in [0, 0.05) is 31.7 Å². The zero-order valence-corrected chi connectivity index (χ0v) is 14.1. The number of aryl methyl sites for hydroxylation is 1. The van der Waals surface area contributed by atoms with Crippen molar-refractivity contribution in [3.63, 3.8) is 0 Å². The van der Waals surface area contributed by atoms with Gasteiger partial charge in [-0.25, -0.2) is 4.98 Å². The van der Waals surface area contributed by atoms with Gasteiger partial charge in [-0.1, -0.05) is 6.07 Å². The Balaban J connectivity index is 2.05. The van der Waals surface area contributed by atoms with Crippen LogP contribution in [-0.2, 0) is 9.59 Å². The van der Waals surface area contributed by atoms with E-state index in [1.807, 2.05) is 13.0 Å². The van der Waals surface area contributed by atoms with Gasteiger partial charge in [-0.05, 0) is 38.3 Å². The second-order valence-corrected chi connectivity index (χ2v) is 6.08. The predicted molar refractivity (Wildman–Crippen MR) is 87.5 cm³/mol. The van der Waals surface area contributed by atoms with Crippen LogP contribution in [-0.4, -0.2) is 63.4 Å². The van der Waals surface area contributed by atoms with Crippen LogP contribution in [0.4, 0.5) is 0 Å². The van der Waals surface area contributed by atoms with Gasteiger partial charge in [0.05, 0.1) is 0 Å². The van der Waals surface area contributed by atoms with Gasteiger partial charge in [-0.2, -0.15) is 0 Å². The van der Waals surface area contributed by atoms with Crippen molar-refractivity contribution in [1.82, 2.24) is 14.8 Å². The Morgan fingerprint density at radius 2 is 2.04 bits per heavy atom. The number of hydrogen-bond donors (Lipinski definition) is 1. The van der Waals surface area contributed by atoms with Crippen molar-refractivity contribution < 1.29 is 19.5 Å². The highest BCUT2D eigenvalue weighted by atomic mass is 16.4. The average molecular weight is 333 g/mol. The molecule has 0 aliphatic carbocycles. The number of nitrogens with zero attached hydrogens (tertiary/aromatic N) is 3. The third kappa shape index (κ3) is 4.53. The Morgan fingerprint density at radius 3 is 2.67 bits per heavy atom. The summed E-state index contributed by atoms with van der Waals surface area (Å²) in [6, 6.07) is 5.19. The minimum absolute atomic E-state index is 0.119. The molecule has 1 aliphatic heterocycles. The average Bonchev–Trinajstić information content (AvgIpc) is 2.77. The van der Waals surface area contributed by atoms with Crippen LogP contribution in [0.25, 0.3) is 0 Å². The molecule has 0 bridgehead atoms. The van der Waals surface area contributed by atoms with E-state index < -0.39 is 5.97 Å². The summed E-state index contributed by atoms with van der Waals surface area (Å²) in [4.78, 5) is 42.7. The van der Waals surface area contributed by atoms with Crippen LogP contribution in [0.5, 0.6) is 0 Å². The minimum Gasteiger partial charge on any atom is -0.480 e. The molecule has 1 fully saturated rings. The summed E-state index contributed by atoms with van der Waals surface area (Å²) < 4.78 is 0. The summed E-state index contributed by atoms with van der Waals surface area (Å²) >= 11 is 0. The first-order valence-electron chi connectivity index (χ1n) is 8.10. The van der Waals surface area contributed by atoms with Crippen molar-refractivity contribution in [1.29, 1.82) is 0 Å². The molecule has 1 atom stereocenters. The lowest BCUT2D eigenvalue weighted by atomic mass is 10.1. The molecular weight excluding hydrogens is 310 g/mol. The number of aliphatic carboxylic acids is 1. The molecule has 1 saturated heterocycles. The van der Waals surface area contributed by atoms with Gasteiger partial charge in [-0.3, -0.25) is 14.4 Å². The number of carbonyl (C=O) groups is 3. The lowest BCUT2D eigenvalue weighted by Gasteiger charge is -2.28. The predicted octanol–water partition coefficient (Wildman–Crippen LogP) is 1.32. The van der Waals surface area contributed by atoms with E-state index in [1.165, 1.54) is 11.8 Å². The van der Waals surface area contributed by atoms with Crippen molar-refractivity contribution in [2.45, 2.75) is 39.2 Å². The fraction of sp³-hybridized carbons (Fsp3) is 0.529. The van der Waals surface area contributed by atoms with Gasteiger partial charge >= 0.3 is 5.97 Å². The molecule has 1 N–H and O–H groups in total. The van der Waals surface area contributed by atoms with Crippen molar-refractivity contribution in [3.8, 4) is 0 Å². The molecule has 24 heavy (non-hydrogen) atoms. The van der Waals surface area contributed by atoms with Gasteiger partial charge in [0.15, 0.2) is 0 Å². The molecule has 0 aromatic carbocycles. The fourth-order valence-electron chi connectivity index (χ4n) is 3.06. The van der Waals surface area contributed by atoms with E-state index >= 15 is 0 Å². The van der Waals surface area contributed by atoms with E-state index in [1.54, 1.807) is 17.0 Å². The molecule has 2 heterocycles. The molecule has 2 amide bonds. The first kappa shape index (κ1) is 17.9. The van der Waals surface area contributed by atoms with Crippen molar-refractivity contribution >= 4 is 17.8 Å². The maximum Gasteiger partial charge on any atom is 0.323 e. The van der Waals surface area contributed by atoms with Crippen LogP contribution < -0.4 is 0 Å². The molecule has 0 unspecified atom stereocenters. The largest absolute Gasteiger partial charge is 0.480 e. The Bertz CT molecular complexity index is 632. The Morgan fingerprint density at radius 1 is 1.29 bits per heavy atom. The Kier molecular flexibility index (Phi) is 5.89. The topological polar surface area (TPSA) is 90.8 Å². The molecule has 7 heteroatoms. The van der Waals surface area contributed by atoms with Crippen LogP contribution >= 0.6 is 0 Å². The van der Waals surface area contributed by atoms with Crippen LogP contribution in [0.15, 0.2) is 18.2 Å². The van der Waals surface area contributed by atoms with E-state index in [4.69, 9.17) is 5.11 Å². The lowest BCUT2D eigenvalue weighted by Crippen LogP contribution is -2.43. The van der Waals surface area contributed by atoms with Gasteiger partial charge in [0.25, 0.3) is 5.91 Å². The van der Waals surface area contributed by atoms with Crippen molar-refractivity contribution in [2.75, 3.05) is 19.6 Å². The summed E-state index contributed by atoms with van der Waals surface area (Å²) in [6.07, 6.45) is 1.99. The quantitative estimate of drug-likeness (QED) is 0.897. The number of amides is 2. The number of hydrogen-bond acceptors (Lipinski definition) is 4. The summed E-state index contributed by atoms with van der Waals surface area (Å²) in [5.41, 5.74) is 1.21. The number of carboxylic acids is 1. The number of pyridine rings is 1. The number of rotatable bonds is 4. The number of likely N-dealkylation sites (tertiary alicyclic amines) is 1. The minimum atomic E-state index is -1.02. The van der Waals surface area contributed by atoms with Crippen LogP contribution in [0.3, 0.4) is 0 Å². The maximum absolute atomic E-state index is 12.6. The Labute approximate surface area is 141 Å². The third-order valence-corrected chi connectivity index (χ3v) is 4.24. The zero-order valence-electron chi connectivity index (χ0n) is 14.1. The van der Waals surface area contributed by atoms with Crippen molar-refractivity contribution in [3.05, 3.63) is 29.6 Å². The van der Waals surface area contributed by atoms with Gasteiger partial charge in [0.1, 0.15) is 12.2 Å². The van der Waals surface area contributed by atoms with E-state index in [2.05, 4.69) is 4.98 Å². The second kappa shape index (κ2) is 7.90. The van der Waals surface area contributed by atoms with E-state index in [0.717, 1.165) is 12.1 Å².